The number of pyridine rings is 1. The van der Waals surface area contributed by atoms with E-state index in [2.05, 4.69) is 4.98 Å². The van der Waals surface area contributed by atoms with Crippen LogP contribution in [-0.2, 0) is 16.0 Å². The maximum Gasteiger partial charge on any atom is 0.271 e. The summed E-state index contributed by atoms with van der Waals surface area (Å²) in [5.74, 6) is 0.654. The molecule has 4 rings (SSSR count). The van der Waals surface area contributed by atoms with Crippen molar-refractivity contribution < 1.29 is 14.7 Å². The Morgan fingerprint density at radius 2 is 1.81 bits per heavy atom. The molecule has 2 fully saturated rings. The second kappa shape index (κ2) is 7.14. The summed E-state index contributed by atoms with van der Waals surface area (Å²) < 4.78 is 0.737. The molecule has 5 nitrogen and oxygen atoms in total. The molecule has 1 aromatic carbocycles. The van der Waals surface area contributed by atoms with E-state index in [1.807, 2.05) is 19.1 Å². The number of carbonyl (C=O) groups is 2. The highest BCUT2D eigenvalue weighted by molar-refractivity contribution is 8.25. The third-order valence-corrected chi connectivity index (χ3v) is 7.31. The molecule has 1 N–H and O–H groups in total. The highest BCUT2D eigenvalue weighted by Gasteiger charge is 2.57. The number of hydrogen-bond donors (Lipinski definition) is 1. The minimum atomic E-state index is -1.91. The first-order valence-electron chi connectivity index (χ1n) is 8.59. The van der Waals surface area contributed by atoms with Crippen molar-refractivity contribution in [3.8, 4) is 0 Å². The molecular formula is C20H18N2O3S2. The van der Waals surface area contributed by atoms with Crippen molar-refractivity contribution >= 4 is 41.0 Å². The van der Waals surface area contributed by atoms with Crippen LogP contribution in [0, 0.1) is 6.92 Å². The van der Waals surface area contributed by atoms with Gasteiger partial charge in [0, 0.05) is 29.8 Å². The SMILES string of the molecule is Cc1ccc(N2C(=O)C(=C3SCCS3)C(O)(Cc3ccccn3)C2=O)cc1. The van der Waals surface area contributed by atoms with Gasteiger partial charge in [-0.25, -0.2) is 4.90 Å². The molecule has 2 saturated heterocycles. The Balaban J connectivity index is 1.82. The second-order valence-electron chi connectivity index (χ2n) is 6.50. The zero-order valence-corrected chi connectivity index (χ0v) is 16.3. The summed E-state index contributed by atoms with van der Waals surface area (Å²) in [4.78, 5) is 31.8. The van der Waals surface area contributed by atoms with Crippen LogP contribution in [0.1, 0.15) is 11.3 Å². The van der Waals surface area contributed by atoms with Gasteiger partial charge >= 0.3 is 0 Å². The number of benzene rings is 1. The summed E-state index contributed by atoms with van der Waals surface area (Å²) >= 11 is 3.04. The minimum absolute atomic E-state index is 0.0271. The Morgan fingerprint density at radius 1 is 1.11 bits per heavy atom. The summed E-state index contributed by atoms with van der Waals surface area (Å²) in [5, 5.41) is 11.5. The Kier molecular flexibility index (Phi) is 4.84. The molecule has 0 radical (unpaired) electrons. The van der Waals surface area contributed by atoms with Crippen molar-refractivity contribution in [1.29, 1.82) is 0 Å². The number of hydrogen-bond acceptors (Lipinski definition) is 6. The van der Waals surface area contributed by atoms with Gasteiger partial charge < -0.3 is 5.11 Å². The molecule has 1 atom stereocenters. The fourth-order valence-corrected chi connectivity index (χ4v) is 5.91. The number of thioether (sulfide) groups is 2. The minimum Gasteiger partial charge on any atom is -0.375 e. The van der Waals surface area contributed by atoms with Crippen LogP contribution in [0.25, 0.3) is 0 Å². The number of aryl methyl sites for hydroxylation is 1. The topological polar surface area (TPSA) is 70.5 Å². The van der Waals surface area contributed by atoms with Gasteiger partial charge in [0.2, 0.25) is 0 Å². The monoisotopic (exact) mass is 398 g/mol. The lowest BCUT2D eigenvalue weighted by molar-refractivity contribution is -0.130. The van der Waals surface area contributed by atoms with Crippen molar-refractivity contribution in [2.45, 2.75) is 18.9 Å². The van der Waals surface area contributed by atoms with E-state index in [9.17, 15) is 14.7 Å². The number of aromatic nitrogens is 1. The number of aliphatic hydroxyl groups is 1. The van der Waals surface area contributed by atoms with Gasteiger partial charge in [-0.1, -0.05) is 23.8 Å². The maximum atomic E-state index is 13.3. The van der Waals surface area contributed by atoms with E-state index >= 15 is 0 Å². The second-order valence-corrected chi connectivity index (χ2v) is 8.97. The molecule has 0 bridgehead atoms. The lowest BCUT2D eigenvalue weighted by atomic mass is 9.91. The number of carbonyl (C=O) groups excluding carboxylic acids is 2. The third-order valence-electron chi connectivity index (χ3n) is 4.60. The van der Waals surface area contributed by atoms with Crippen molar-refractivity contribution in [3.63, 3.8) is 0 Å². The van der Waals surface area contributed by atoms with Crippen LogP contribution in [0.15, 0.2) is 58.5 Å². The number of imide groups is 1. The normalized spacial score (nSPS) is 22.8. The van der Waals surface area contributed by atoms with Crippen molar-refractivity contribution in [1.82, 2.24) is 4.98 Å². The average molecular weight is 399 g/mol. The summed E-state index contributed by atoms with van der Waals surface area (Å²) in [6.07, 6.45) is 1.59. The number of rotatable bonds is 3. The number of anilines is 1. The van der Waals surface area contributed by atoms with Gasteiger partial charge in [0.05, 0.1) is 15.5 Å². The summed E-state index contributed by atoms with van der Waals surface area (Å²) in [6.45, 7) is 1.94. The molecule has 0 saturated carbocycles. The molecule has 2 aromatic rings. The standard InChI is InChI=1S/C20H18N2O3S2/c1-13-5-7-15(8-6-13)22-17(23)16(18-26-10-11-27-18)20(25,19(22)24)12-14-4-2-3-9-21-14/h2-9,25H,10-12H2,1H3. The zero-order chi connectivity index (χ0) is 19.0. The Hall–Kier alpha value is -2.09. The summed E-state index contributed by atoms with van der Waals surface area (Å²) in [5.41, 5.74) is 0.348. The molecule has 7 heteroatoms. The molecular weight excluding hydrogens is 380 g/mol. The molecule has 0 aliphatic carbocycles. The van der Waals surface area contributed by atoms with Crippen LogP contribution < -0.4 is 4.90 Å². The highest BCUT2D eigenvalue weighted by atomic mass is 32.2. The lowest BCUT2D eigenvalue weighted by Crippen LogP contribution is -2.43. The van der Waals surface area contributed by atoms with E-state index in [-0.39, 0.29) is 12.0 Å². The summed E-state index contributed by atoms with van der Waals surface area (Å²) in [6, 6.07) is 12.5. The van der Waals surface area contributed by atoms with Gasteiger partial charge in [-0.05, 0) is 31.2 Å². The predicted octanol–water partition coefficient (Wildman–Crippen LogP) is 2.93. The van der Waals surface area contributed by atoms with Crippen LogP contribution in [0.2, 0.25) is 0 Å². The van der Waals surface area contributed by atoms with Crippen molar-refractivity contribution in [2.24, 2.45) is 0 Å². The molecule has 2 amide bonds. The van der Waals surface area contributed by atoms with Crippen molar-refractivity contribution in [3.05, 3.63) is 69.7 Å². The van der Waals surface area contributed by atoms with Crippen LogP contribution in [0.5, 0.6) is 0 Å². The van der Waals surface area contributed by atoms with Crippen LogP contribution in [-0.4, -0.2) is 39.0 Å². The summed E-state index contributed by atoms with van der Waals surface area (Å²) in [7, 11) is 0. The van der Waals surface area contributed by atoms with E-state index in [1.165, 1.54) is 23.5 Å². The largest absolute Gasteiger partial charge is 0.375 e. The van der Waals surface area contributed by atoms with E-state index in [4.69, 9.17) is 0 Å². The molecule has 0 spiro atoms. The number of nitrogens with zero attached hydrogens (tertiary/aromatic N) is 2. The smallest absolute Gasteiger partial charge is 0.271 e. The Labute approximate surface area is 165 Å². The Bertz CT molecular complexity index is 920. The first-order valence-corrected chi connectivity index (χ1v) is 10.6. The molecule has 27 heavy (non-hydrogen) atoms. The fourth-order valence-electron chi connectivity index (χ4n) is 3.24. The first-order chi connectivity index (χ1) is 13.0. The van der Waals surface area contributed by atoms with Gasteiger partial charge in [0.1, 0.15) is 0 Å². The van der Waals surface area contributed by atoms with Gasteiger partial charge in [-0.3, -0.25) is 14.6 Å². The van der Waals surface area contributed by atoms with E-state index in [0.717, 1.165) is 26.2 Å². The molecule has 1 aromatic heterocycles. The predicted molar refractivity (Wildman–Crippen MR) is 109 cm³/mol. The quantitative estimate of drug-likeness (QED) is 0.633. The van der Waals surface area contributed by atoms with Gasteiger partial charge in [0.25, 0.3) is 11.8 Å². The van der Waals surface area contributed by atoms with E-state index in [0.29, 0.717) is 11.4 Å². The zero-order valence-electron chi connectivity index (χ0n) is 14.7. The fraction of sp³-hybridized carbons (Fsp3) is 0.250. The molecule has 2 aliphatic rings. The highest BCUT2D eigenvalue weighted by Crippen LogP contribution is 2.46. The van der Waals surface area contributed by atoms with Gasteiger partial charge in [-0.2, -0.15) is 0 Å². The Morgan fingerprint density at radius 3 is 2.44 bits per heavy atom. The maximum absolute atomic E-state index is 13.3. The van der Waals surface area contributed by atoms with Crippen LogP contribution in [0.3, 0.4) is 0 Å². The van der Waals surface area contributed by atoms with E-state index in [1.54, 1.807) is 36.5 Å². The van der Waals surface area contributed by atoms with Crippen molar-refractivity contribution in [2.75, 3.05) is 16.4 Å². The third kappa shape index (κ3) is 3.20. The molecule has 138 valence electrons. The molecule has 1 unspecified atom stereocenters. The van der Waals surface area contributed by atoms with E-state index < -0.39 is 17.4 Å². The van der Waals surface area contributed by atoms with Crippen LogP contribution in [0.4, 0.5) is 5.69 Å². The van der Waals surface area contributed by atoms with Gasteiger partial charge in [-0.15, -0.1) is 23.5 Å². The molecule has 2 aliphatic heterocycles. The van der Waals surface area contributed by atoms with Crippen LogP contribution >= 0.6 is 23.5 Å². The average Bonchev–Trinajstić information content (AvgIpc) is 3.23. The number of amides is 2. The van der Waals surface area contributed by atoms with Gasteiger partial charge in [0.15, 0.2) is 5.60 Å². The molecule has 3 heterocycles. The lowest BCUT2D eigenvalue weighted by Gasteiger charge is -2.22. The first kappa shape index (κ1) is 18.3.